The molecule has 3 amide bonds. The number of aromatic amines is 1. The third-order valence-corrected chi connectivity index (χ3v) is 3.46. The average molecular weight is 307 g/mol. The number of imidazole rings is 1. The van der Waals surface area contributed by atoms with Crippen molar-refractivity contribution in [3.05, 3.63) is 17.7 Å². The number of amides is 3. The molecule has 1 aliphatic heterocycles. The van der Waals surface area contributed by atoms with Gasteiger partial charge in [0.05, 0.1) is 6.33 Å². The Bertz CT molecular complexity index is 554. The number of nitrogens with zero attached hydrogens (tertiary/aromatic N) is 1. The first-order valence-corrected chi connectivity index (χ1v) is 7.53. The van der Waals surface area contributed by atoms with Gasteiger partial charge in [-0.1, -0.05) is 6.92 Å². The average Bonchev–Trinajstić information content (AvgIpc) is 2.92. The van der Waals surface area contributed by atoms with E-state index in [4.69, 9.17) is 0 Å². The molecule has 1 aromatic heterocycles. The second-order valence-electron chi connectivity index (χ2n) is 5.19. The molecule has 8 heteroatoms. The molecule has 0 aliphatic carbocycles. The minimum atomic E-state index is -0.585. The summed E-state index contributed by atoms with van der Waals surface area (Å²) in [6.07, 6.45) is 4.42. The highest BCUT2D eigenvalue weighted by atomic mass is 16.2. The fourth-order valence-electron chi connectivity index (χ4n) is 2.27. The zero-order chi connectivity index (χ0) is 15.9. The van der Waals surface area contributed by atoms with Crippen molar-refractivity contribution in [3.8, 4) is 0 Å². The third kappa shape index (κ3) is 3.84. The van der Waals surface area contributed by atoms with E-state index >= 15 is 0 Å². The maximum absolute atomic E-state index is 12.3. The molecule has 1 aromatic rings. The van der Waals surface area contributed by atoms with Crippen LogP contribution in [-0.4, -0.2) is 46.8 Å². The normalized spacial score (nSPS) is 18.2. The molecular weight excluding hydrogens is 286 g/mol. The molecule has 1 saturated heterocycles. The molecule has 1 atom stereocenters. The summed E-state index contributed by atoms with van der Waals surface area (Å²) >= 11 is 0. The number of nitrogens with one attached hydrogen (secondary N) is 4. The van der Waals surface area contributed by atoms with Crippen LogP contribution in [0.5, 0.6) is 0 Å². The molecule has 22 heavy (non-hydrogen) atoms. The fraction of sp³-hybridized carbons (Fsp3) is 0.571. The first kappa shape index (κ1) is 16.0. The third-order valence-electron chi connectivity index (χ3n) is 3.46. The van der Waals surface area contributed by atoms with Gasteiger partial charge in [0.2, 0.25) is 5.91 Å². The number of aromatic nitrogens is 2. The standard InChI is InChI=1S/C14H21N5O3/c1-2-6-15-13(21)10-11(18-8-17-10)14(22)19-9-5-3-4-7-16-12(9)20/h8-9H,2-7H2,1H3,(H,15,21)(H,16,20)(H,17,18)(H,19,22)/t9-/m1/s1. The predicted octanol–water partition coefficient (Wildman–Crippen LogP) is -0.0520. The van der Waals surface area contributed by atoms with E-state index in [9.17, 15) is 14.4 Å². The summed E-state index contributed by atoms with van der Waals surface area (Å²) in [5.74, 6) is -1.10. The highest BCUT2D eigenvalue weighted by Crippen LogP contribution is 2.08. The Balaban J connectivity index is 2.05. The van der Waals surface area contributed by atoms with Gasteiger partial charge in [0.25, 0.3) is 11.8 Å². The Morgan fingerprint density at radius 1 is 1.36 bits per heavy atom. The van der Waals surface area contributed by atoms with Gasteiger partial charge in [-0.25, -0.2) is 4.98 Å². The van der Waals surface area contributed by atoms with Gasteiger partial charge in [-0.15, -0.1) is 0 Å². The van der Waals surface area contributed by atoms with Gasteiger partial charge in [-0.3, -0.25) is 14.4 Å². The summed E-state index contributed by atoms with van der Waals surface area (Å²) in [6.45, 7) is 3.08. The van der Waals surface area contributed by atoms with Crippen LogP contribution in [0.15, 0.2) is 6.33 Å². The van der Waals surface area contributed by atoms with Gasteiger partial charge in [-0.2, -0.15) is 0 Å². The van der Waals surface area contributed by atoms with E-state index < -0.39 is 11.9 Å². The summed E-state index contributed by atoms with van der Waals surface area (Å²) in [7, 11) is 0. The van der Waals surface area contributed by atoms with Gasteiger partial charge in [0.1, 0.15) is 11.7 Å². The maximum Gasteiger partial charge on any atom is 0.272 e. The van der Waals surface area contributed by atoms with Crippen molar-refractivity contribution in [2.75, 3.05) is 13.1 Å². The monoisotopic (exact) mass is 307 g/mol. The zero-order valence-electron chi connectivity index (χ0n) is 12.6. The van der Waals surface area contributed by atoms with Crippen LogP contribution in [0, 0.1) is 0 Å². The van der Waals surface area contributed by atoms with Crippen LogP contribution in [0.4, 0.5) is 0 Å². The second-order valence-corrected chi connectivity index (χ2v) is 5.19. The van der Waals surface area contributed by atoms with E-state index in [0.717, 1.165) is 19.3 Å². The molecular formula is C14H21N5O3. The molecule has 120 valence electrons. The van der Waals surface area contributed by atoms with Crippen LogP contribution in [0.1, 0.15) is 53.6 Å². The summed E-state index contributed by atoms with van der Waals surface area (Å²) in [5.41, 5.74) is 0.116. The lowest BCUT2D eigenvalue weighted by molar-refractivity contribution is -0.122. The van der Waals surface area contributed by atoms with Crippen LogP contribution in [-0.2, 0) is 4.79 Å². The molecule has 0 radical (unpaired) electrons. The minimum Gasteiger partial charge on any atom is -0.354 e. The zero-order valence-corrected chi connectivity index (χ0v) is 12.6. The molecule has 0 saturated carbocycles. The number of carbonyl (C=O) groups excluding carboxylic acids is 3. The second kappa shape index (κ2) is 7.58. The minimum absolute atomic E-state index is 0.00523. The van der Waals surface area contributed by atoms with Gasteiger partial charge < -0.3 is 20.9 Å². The van der Waals surface area contributed by atoms with Crippen molar-refractivity contribution in [1.82, 2.24) is 25.9 Å². The van der Waals surface area contributed by atoms with E-state index in [-0.39, 0.29) is 23.2 Å². The molecule has 4 N–H and O–H groups in total. The first-order valence-electron chi connectivity index (χ1n) is 7.53. The highest BCUT2D eigenvalue weighted by Gasteiger charge is 2.26. The van der Waals surface area contributed by atoms with Crippen LogP contribution in [0.2, 0.25) is 0 Å². The first-order chi connectivity index (χ1) is 10.6. The number of rotatable bonds is 5. The van der Waals surface area contributed by atoms with E-state index in [2.05, 4.69) is 25.9 Å². The van der Waals surface area contributed by atoms with Crippen LogP contribution in [0.3, 0.4) is 0 Å². The van der Waals surface area contributed by atoms with Gasteiger partial charge >= 0.3 is 0 Å². The molecule has 0 spiro atoms. The van der Waals surface area contributed by atoms with Crippen molar-refractivity contribution >= 4 is 17.7 Å². The van der Waals surface area contributed by atoms with Crippen molar-refractivity contribution in [3.63, 3.8) is 0 Å². The summed E-state index contributed by atoms with van der Waals surface area (Å²) in [4.78, 5) is 42.7. The number of carbonyl (C=O) groups is 3. The van der Waals surface area contributed by atoms with Gasteiger partial charge in [-0.05, 0) is 25.7 Å². The molecule has 0 aromatic carbocycles. The van der Waals surface area contributed by atoms with E-state index in [1.807, 2.05) is 6.92 Å². The Morgan fingerprint density at radius 3 is 2.95 bits per heavy atom. The lowest BCUT2D eigenvalue weighted by Crippen LogP contribution is -2.46. The topological polar surface area (TPSA) is 116 Å². The van der Waals surface area contributed by atoms with Crippen molar-refractivity contribution in [2.45, 2.75) is 38.6 Å². The fourth-order valence-corrected chi connectivity index (χ4v) is 2.27. The Kier molecular flexibility index (Phi) is 5.51. The number of hydrogen-bond acceptors (Lipinski definition) is 4. The van der Waals surface area contributed by atoms with Crippen molar-refractivity contribution < 1.29 is 14.4 Å². The van der Waals surface area contributed by atoms with Crippen molar-refractivity contribution in [2.24, 2.45) is 0 Å². The molecule has 0 bridgehead atoms. The lowest BCUT2D eigenvalue weighted by atomic mass is 10.1. The lowest BCUT2D eigenvalue weighted by Gasteiger charge is -2.14. The quantitative estimate of drug-likeness (QED) is 0.610. The number of hydrogen-bond donors (Lipinski definition) is 4. The number of H-pyrrole nitrogens is 1. The summed E-state index contributed by atoms with van der Waals surface area (Å²) < 4.78 is 0. The molecule has 2 rings (SSSR count). The summed E-state index contributed by atoms with van der Waals surface area (Å²) in [6, 6.07) is -0.585. The Labute approximate surface area is 128 Å². The smallest absolute Gasteiger partial charge is 0.272 e. The molecule has 0 unspecified atom stereocenters. The molecule has 1 fully saturated rings. The molecule has 1 aliphatic rings. The van der Waals surface area contributed by atoms with Gasteiger partial charge in [0.15, 0.2) is 5.69 Å². The predicted molar refractivity (Wildman–Crippen MR) is 79.3 cm³/mol. The van der Waals surface area contributed by atoms with E-state index in [0.29, 0.717) is 19.5 Å². The van der Waals surface area contributed by atoms with Crippen LogP contribution >= 0.6 is 0 Å². The van der Waals surface area contributed by atoms with E-state index in [1.165, 1.54) is 6.33 Å². The SMILES string of the molecule is CCCNC(=O)c1[nH]cnc1C(=O)N[C@@H]1CCCCNC1=O. The highest BCUT2D eigenvalue weighted by molar-refractivity contribution is 6.05. The maximum atomic E-state index is 12.3. The summed E-state index contributed by atoms with van der Waals surface area (Å²) in [5, 5.41) is 8.08. The van der Waals surface area contributed by atoms with Crippen LogP contribution in [0.25, 0.3) is 0 Å². The molecule has 8 nitrogen and oxygen atoms in total. The largest absolute Gasteiger partial charge is 0.354 e. The Morgan fingerprint density at radius 2 is 2.18 bits per heavy atom. The van der Waals surface area contributed by atoms with Gasteiger partial charge in [0, 0.05) is 13.1 Å². The molecule has 2 heterocycles. The van der Waals surface area contributed by atoms with Crippen molar-refractivity contribution in [1.29, 1.82) is 0 Å². The van der Waals surface area contributed by atoms with E-state index in [1.54, 1.807) is 0 Å². The van der Waals surface area contributed by atoms with Crippen LogP contribution < -0.4 is 16.0 Å². The Hall–Kier alpha value is -2.38.